The molecule has 1 aliphatic carbocycles. The maximum Gasteiger partial charge on any atom is 0.220 e. The lowest BCUT2D eigenvalue weighted by molar-refractivity contribution is -0.122. The molecule has 0 aromatic heterocycles. The van der Waals surface area contributed by atoms with Gasteiger partial charge in [0.25, 0.3) is 0 Å². The van der Waals surface area contributed by atoms with Gasteiger partial charge in [-0.15, -0.1) is 0 Å². The van der Waals surface area contributed by atoms with Crippen LogP contribution in [0.15, 0.2) is 0 Å². The molecule has 1 saturated heterocycles. The lowest BCUT2D eigenvalue weighted by atomic mass is 9.92. The summed E-state index contributed by atoms with van der Waals surface area (Å²) in [4.78, 5) is 14.3. The highest BCUT2D eigenvalue weighted by Gasteiger charge is 2.26. The summed E-state index contributed by atoms with van der Waals surface area (Å²) in [5.41, 5.74) is 5.42. The van der Waals surface area contributed by atoms with Crippen LogP contribution in [0.2, 0.25) is 0 Å². The molecule has 2 aliphatic rings. The van der Waals surface area contributed by atoms with Gasteiger partial charge in [-0.05, 0) is 38.6 Å². The molecule has 2 fully saturated rings. The Kier molecular flexibility index (Phi) is 6.11. The fourth-order valence-electron chi connectivity index (χ4n) is 3.42. The highest BCUT2D eigenvalue weighted by atomic mass is 16.1. The van der Waals surface area contributed by atoms with Gasteiger partial charge < -0.3 is 16.0 Å². The van der Waals surface area contributed by atoms with Crippen molar-refractivity contribution in [2.24, 2.45) is 5.73 Å². The average molecular weight is 267 g/mol. The maximum absolute atomic E-state index is 11.7. The molecule has 19 heavy (non-hydrogen) atoms. The van der Waals surface area contributed by atoms with Crippen LogP contribution in [0.5, 0.6) is 0 Å². The third-order valence-electron chi connectivity index (χ3n) is 4.59. The van der Waals surface area contributed by atoms with Gasteiger partial charge in [0, 0.05) is 31.6 Å². The number of nitrogens with zero attached hydrogens (tertiary/aromatic N) is 1. The second-order valence-electron chi connectivity index (χ2n) is 6.06. The minimum atomic E-state index is 0.182. The maximum atomic E-state index is 11.7. The summed E-state index contributed by atoms with van der Waals surface area (Å²) < 4.78 is 0. The van der Waals surface area contributed by atoms with Crippen molar-refractivity contribution in [1.29, 1.82) is 0 Å². The standard InChI is InChI=1S/C15H29N3O/c16-10-4-7-15(19)17-13-8-11-18(12-9-13)14-5-2-1-3-6-14/h13-14H,1-12,16H2,(H,17,19). The van der Waals surface area contributed by atoms with Gasteiger partial charge in [-0.3, -0.25) is 4.79 Å². The average Bonchev–Trinajstić information content (AvgIpc) is 2.47. The summed E-state index contributed by atoms with van der Waals surface area (Å²) >= 11 is 0. The van der Waals surface area contributed by atoms with E-state index in [1.807, 2.05) is 0 Å². The lowest BCUT2D eigenvalue weighted by Crippen LogP contribution is -2.48. The fourth-order valence-corrected chi connectivity index (χ4v) is 3.42. The summed E-state index contributed by atoms with van der Waals surface area (Å²) in [6.45, 7) is 2.92. The van der Waals surface area contributed by atoms with Gasteiger partial charge in [-0.25, -0.2) is 0 Å². The second kappa shape index (κ2) is 7.85. The van der Waals surface area contributed by atoms with Crippen molar-refractivity contribution in [3.05, 3.63) is 0 Å². The number of hydrogen-bond acceptors (Lipinski definition) is 3. The zero-order chi connectivity index (χ0) is 13.5. The molecular weight excluding hydrogens is 238 g/mol. The third-order valence-corrected chi connectivity index (χ3v) is 4.59. The van der Waals surface area contributed by atoms with Crippen LogP contribution < -0.4 is 11.1 Å². The zero-order valence-electron chi connectivity index (χ0n) is 12.1. The Bertz CT molecular complexity index is 269. The van der Waals surface area contributed by atoms with Crippen LogP contribution in [0.3, 0.4) is 0 Å². The number of piperidine rings is 1. The van der Waals surface area contributed by atoms with E-state index in [1.165, 1.54) is 32.1 Å². The van der Waals surface area contributed by atoms with Crippen molar-refractivity contribution in [3.63, 3.8) is 0 Å². The summed E-state index contributed by atoms with van der Waals surface area (Å²) in [7, 11) is 0. The molecule has 3 N–H and O–H groups in total. The topological polar surface area (TPSA) is 58.4 Å². The van der Waals surface area contributed by atoms with Gasteiger partial charge in [-0.2, -0.15) is 0 Å². The molecule has 0 atom stereocenters. The molecule has 0 unspecified atom stereocenters. The Morgan fingerprint density at radius 3 is 2.42 bits per heavy atom. The van der Waals surface area contributed by atoms with Crippen LogP contribution in [-0.4, -0.2) is 42.5 Å². The van der Waals surface area contributed by atoms with Crippen molar-refractivity contribution >= 4 is 5.91 Å². The molecule has 1 saturated carbocycles. The molecule has 0 bridgehead atoms. The number of nitrogens with one attached hydrogen (secondary N) is 1. The summed E-state index contributed by atoms with van der Waals surface area (Å²) in [5, 5.41) is 3.16. The number of nitrogens with two attached hydrogens (primary N) is 1. The first kappa shape index (κ1) is 14.8. The molecule has 110 valence electrons. The number of carbonyl (C=O) groups excluding carboxylic acids is 1. The summed E-state index contributed by atoms with van der Waals surface area (Å²) in [6, 6.07) is 1.22. The Labute approximate surface area is 117 Å². The van der Waals surface area contributed by atoms with Crippen molar-refractivity contribution in [1.82, 2.24) is 10.2 Å². The Hall–Kier alpha value is -0.610. The van der Waals surface area contributed by atoms with Gasteiger partial charge in [0.1, 0.15) is 0 Å². The minimum absolute atomic E-state index is 0.182. The largest absolute Gasteiger partial charge is 0.353 e. The predicted octanol–water partition coefficient (Wildman–Crippen LogP) is 1.64. The molecule has 0 spiro atoms. The Balaban J connectivity index is 1.65. The number of amides is 1. The van der Waals surface area contributed by atoms with E-state index in [4.69, 9.17) is 5.73 Å². The van der Waals surface area contributed by atoms with Crippen molar-refractivity contribution in [3.8, 4) is 0 Å². The van der Waals surface area contributed by atoms with E-state index in [1.54, 1.807) is 0 Å². The normalized spacial score (nSPS) is 23.4. The molecule has 4 nitrogen and oxygen atoms in total. The lowest BCUT2D eigenvalue weighted by Gasteiger charge is -2.39. The number of carbonyl (C=O) groups is 1. The van der Waals surface area contributed by atoms with E-state index in [9.17, 15) is 4.79 Å². The van der Waals surface area contributed by atoms with E-state index in [2.05, 4.69) is 10.2 Å². The fraction of sp³-hybridized carbons (Fsp3) is 0.933. The Morgan fingerprint density at radius 2 is 1.79 bits per heavy atom. The molecule has 0 radical (unpaired) electrons. The monoisotopic (exact) mass is 267 g/mol. The first-order valence-electron chi connectivity index (χ1n) is 8.03. The summed E-state index contributed by atoms with van der Waals surface area (Å²) in [5.74, 6) is 0.182. The first-order chi connectivity index (χ1) is 9.29. The minimum Gasteiger partial charge on any atom is -0.353 e. The number of likely N-dealkylation sites (tertiary alicyclic amines) is 1. The molecular formula is C15H29N3O. The molecule has 1 heterocycles. The van der Waals surface area contributed by atoms with Gasteiger partial charge >= 0.3 is 0 Å². The van der Waals surface area contributed by atoms with Crippen molar-refractivity contribution in [2.45, 2.75) is 69.9 Å². The van der Waals surface area contributed by atoms with Crippen LogP contribution in [0, 0.1) is 0 Å². The molecule has 1 aliphatic heterocycles. The van der Waals surface area contributed by atoms with E-state index >= 15 is 0 Å². The van der Waals surface area contributed by atoms with Crippen LogP contribution in [0.25, 0.3) is 0 Å². The van der Waals surface area contributed by atoms with Crippen LogP contribution in [0.1, 0.15) is 57.8 Å². The summed E-state index contributed by atoms with van der Waals surface area (Å²) in [6.07, 6.45) is 10.6. The van der Waals surface area contributed by atoms with E-state index < -0.39 is 0 Å². The Morgan fingerprint density at radius 1 is 1.11 bits per heavy atom. The van der Waals surface area contributed by atoms with E-state index in [0.717, 1.165) is 38.4 Å². The SMILES string of the molecule is NCCCC(=O)NC1CCN(C2CCCCC2)CC1. The quantitative estimate of drug-likeness (QED) is 0.796. The third kappa shape index (κ3) is 4.77. The molecule has 0 aromatic carbocycles. The van der Waals surface area contributed by atoms with E-state index in [0.29, 0.717) is 19.0 Å². The molecule has 2 rings (SSSR count). The predicted molar refractivity (Wildman–Crippen MR) is 77.9 cm³/mol. The zero-order valence-corrected chi connectivity index (χ0v) is 12.1. The number of rotatable bonds is 5. The molecule has 4 heteroatoms. The van der Waals surface area contributed by atoms with Gasteiger partial charge in [0.15, 0.2) is 0 Å². The van der Waals surface area contributed by atoms with Gasteiger partial charge in [0.2, 0.25) is 5.91 Å². The van der Waals surface area contributed by atoms with E-state index in [-0.39, 0.29) is 5.91 Å². The van der Waals surface area contributed by atoms with Crippen molar-refractivity contribution in [2.75, 3.05) is 19.6 Å². The van der Waals surface area contributed by atoms with Gasteiger partial charge in [-0.1, -0.05) is 19.3 Å². The van der Waals surface area contributed by atoms with Gasteiger partial charge in [0.05, 0.1) is 0 Å². The second-order valence-corrected chi connectivity index (χ2v) is 6.06. The highest BCUT2D eigenvalue weighted by molar-refractivity contribution is 5.76. The van der Waals surface area contributed by atoms with Crippen LogP contribution >= 0.6 is 0 Å². The number of hydrogen-bond donors (Lipinski definition) is 2. The highest BCUT2D eigenvalue weighted by Crippen LogP contribution is 2.25. The smallest absolute Gasteiger partial charge is 0.220 e. The molecule has 1 amide bonds. The van der Waals surface area contributed by atoms with Crippen LogP contribution in [0.4, 0.5) is 0 Å². The molecule has 0 aromatic rings. The van der Waals surface area contributed by atoms with Crippen LogP contribution in [-0.2, 0) is 4.79 Å². The van der Waals surface area contributed by atoms with Crippen molar-refractivity contribution < 1.29 is 4.79 Å². The first-order valence-corrected chi connectivity index (χ1v) is 8.03.